The van der Waals surface area contributed by atoms with E-state index in [4.69, 9.17) is 11.3 Å². The van der Waals surface area contributed by atoms with Crippen molar-refractivity contribution in [2.24, 2.45) is 11.8 Å². The van der Waals surface area contributed by atoms with Crippen LogP contribution in [0.25, 0.3) is 4.85 Å². The van der Waals surface area contributed by atoms with Crippen molar-refractivity contribution in [3.8, 4) is 0 Å². The smallest absolute Gasteiger partial charge is 0.251 e. The molecule has 0 aromatic heterocycles. The first-order chi connectivity index (χ1) is 4.75. The van der Waals surface area contributed by atoms with Gasteiger partial charge in [0.05, 0.1) is 12.5 Å². The zero-order valence-corrected chi connectivity index (χ0v) is 6.50. The van der Waals surface area contributed by atoms with Crippen LogP contribution in [-0.4, -0.2) is 19.3 Å². The van der Waals surface area contributed by atoms with E-state index in [-0.39, 0.29) is 6.04 Å². The fourth-order valence-corrected chi connectivity index (χ4v) is 1.33. The second kappa shape index (κ2) is 3.03. The summed E-state index contributed by atoms with van der Waals surface area (Å²) in [6.45, 7) is 12.6. The summed E-state index contributed by atoms with van der Waals surface area (Å²) in [4.78, 5) is 3.52. The second-order valence-corrected chi connectivity index (χ2v) is 3.14. The van der Waals surface area contributed by atoms with Crippen LogP contribution in [0.4, 0.5) is 0 Å². The topological polar surface area (TPSA) is 13.6 Å². The maximum absolute atomic E-state index is 6.87. The fraction of sp³-hybridized carbons (Fsp3) is 0.875. The number of hydrogen-bond acceptors (Lipinski definition) is 1. The van der Waals surface area contributed by atoms with E-state index in [1.54, 1.807) is 0 Å². The molecule has 0 N–H and O–H groups in total. The Morgan fingerprint density at radius 2 is 2.20 bits per heavy atom. The lowest BCUT2D eigenvalue weighted by Gasteiger charge is -2.11. The fourth-order valence-electron chi connectivity index (χ4n) is 1.33. The van der Waals surface area contributed by atoms with Crippen LogP contribution in [0.5, 0.6) is 0 Å². The lowest BCUT2D eigenvalue weighted by atomic mass is 9.92. The highest BCUT2D eigenvalue weighted by Crippen LogP contribution is 2.24. The van der Waals surface area contributed by atoms with Gasteiger partial charge in [-0.25, -0.2) is 6.57 Å². The molecule has 2 atom stereocenters. The van der Waals surface area contributed by atoms with Crippen molar-refractivity contribution in [1.82, 2.24) is 0 Å². The van der Waals surface area contributed by atoms with Gasteiger partial charge >= 0.3 is 0 Å². The molecule has 2 heteroatoms. The third-order valence-electron chi connectivity index (χ3n) is 2.12. The van der Waals surface area contributed by atoms with Gasteiger partial charge < -0.3 is 9.58 Å². The van der Waals surface area contributed by atoms with Crippen molar-refractivity contribution < 1.29 is 4.74 Å². The van der Waals surface area contributed by atoms with Crippen LogP contribution in [-0.2, 0) is 4.74 Å². The minimum absolute atomic E-state index is 0.125. The minimum atomic E-state index is 0.125. The summed E-state index contributed by atoms with van der Waals surface area (Å²) in [6, 6.07) is 0.125. The average Bonchev–Trinajstić information content (AvgIpc) is 2.33. The molecule has 56 valence electrons. The molecule has 1 aliphatic rings. The SMILES string of the molecule is [C-]#[N+]C1COCC1C(C)C. The van der Waals surface area contributed by atoms with E-state index >= 15 is 0 Å². The van der Waals surface area contributed by atoms with Crippen LogP contribution in [0, 0.1) is 18.4 Å². The molecule has 0 aromatic carbocycles. The Kier molecular flexibility index (Phi) is 2.29. The van der Waals surface area contributed by atoms with Crippen molar-refractivity contribution in [1.29, 1.82) is 0 Å². The van der Waals surface area contributed by atoms with Crippen LogP contribution in [0.2, 0.25) is 0 Å². The standard InChI is InChI=1S/C8H13NO/c1-6(2)7-4-10-5-8(7)9-3/h6-8H,4-5H2,1-2H3. The van der Waals surface area contributed by atoms with Crippen molar-refractivity contribution in [3.63, 3.8) is 0 Å². The van der Waals surface area contributed by atoms with E-state index in [1.165, 1.54) is 0 Å². The maximum atomic E-state index is 6.87. The van der Waals surface area contributed by atoms with Gasteiger partial charge in [0.15, 0.2) is 0 Å². The molecule has 1 rings (SSSR count). The molecule has 1 aliphatic heterocycles. The molecule has 1 saturated heterocycles. The Morgan fingerprint density at radius 3 is 2.60 bits per heavy atom. The molecule has 2 nitrogen and oxygen atoms in total. The number of hydrogen-bond donors (Lipinski definition) is 0. The highest BCUT2D eigenvalue weighted by molar-refractivity contribution is 4.90. The molecule has 10 heavy (non-hydrogen) atoms. The van der Waals surface area contributed by atoms with Gasteiger partial charge in [-0.15, -0.1) is 0 Å². The predicted molar refractivity (Wildman–Crippen MR) is 39.5 cm³/mol. The molecule has 0 aromatic rings. The van der Waals surface area contributed by atoms with E-state index in [9.17, 15) is 0 Å². The van der Waals surface area contributed by atoms with Crippen LogP contribution < -0.4 is 0 Å². The van der Waals surface area contributed by atoms with Gasteiger partial charge in [-0.05, 0) is 5.92 Å². The Balaban J connectivity index is 2.52. The first kappa shape index (κ1) is 7.56. The van der Waals surface area contributed by atoms with Gasteiger partial charge in [0.25, 0.3) is 6.04 Å². The summed E-state index contributed by atoms with van der Waals surface area (Å²) in [7, 11) is 0. The lowest BCUT2D eigenvalue weighted by molar-refractivity contribution is 0.176. The van der Waals surface area contributed by atoms with Crippen LogP contribution >= 0.6 is 0 Å². The van der Waals surface area contributed by atoms with Crippen molar-refractivity contribution in [2.75, 3.05) is 13.2 Å². The quantitative estimate of drug-likeness (QED) is 0.503. The van der Waals surface area contributed by atoms with Gasteiger partial charge in [-0.3, -0.25) is 0 Å². The van der Waals surface area contributed by atoms with Crippen molar-refractivity contribution in [3.05, 3.63) is 11.4 Å². The molecule has 1 heterocycles. The summed E-state index contributed by atoms with van der Waals surface area (Å²) in [5, 5.41) is 0. The average molecular weight is 139 g/mol. The highest BCUT2D eigenvalue weighted by atomic mass is 16.5. The molecular weight excluding hydrogens is 126 g/mol. The summed E-state index contributed by atoms with van der Waals surface area (Å²) >= 11 is 0. The van der Waals surface area contributed by atoms with Crippen LogP contribution in [0.15, 0.2) is 0 Å². The summed E-state index contributed by atoms with van der Waals surface area (Å²) < 4.78 is 5.21. The Labute approximate surface area is 62.0 Å². The van der Waals surface area contributed by atoms with Gasteiger partial charge in [0.2, 0.25) is 0 Å². The predicted octanol–water partition coefficient (Wildman–Crippen LogP) is 1.58. The van der Waals surface area contributed by atoms with Gasteiger partial charge in [0, 0.05) is 0 Å². The van der Waals surface area contributed by atoms with E-state index in [1.807, 2.05) is 0 Å². The first-order valence-corrected chi connectivity index (χ1v) is 3.70. The van der Waals surface area contributed by atoms with Gasteiger partial charge in [-0.2, -0.15) is 0 Å². The first-order valence-electron chi connectivity index (χ1n) is 3.70. The number of nitrogens with zero attached hydrogens (tertiary/aromatic N) is 1. The van der Waals surface area contributed by atoms with Crippen molar-refractivity contribution in [2.45, 2.75) is 19.9 Å². The monoisotopic (exact) mass is 139 g/mol. The Hall–Kier alpha value is -0.550. The molecule has 1 fully saturated rings. The molecule has 0 amide bonds. The highest BCUT2D eigenvalue weighted by Gasteiger charge is 2.34. The molecule has 0 radical (unpaired) electrons. The third kappa shape index (κ3) is 1.30. The third-order valence-corrected chi connectivity index (χ3v) is 2.12. The molecular formula is C8H13NO. The number of ether oxygens (including phenoxy) is 1. The minimum Gasteiger partial charge on any atom is -0.373 e. The van der Waals surface area contributed by atoms with Crippen LogP contribution in [0.3, 0.4) is 0 Å². The summed E-state index contributed by atoms with van der Waals surface area (Å²) in [6.07, 6.45) is 0. The molecule has 0 aliphatic carbocycles. The van der Waals surface area contributed by atoms with Gasteiger partial charge in [-0.1, -0.05) is 13.8 Å². The summed E-state index contributed by atoms with van der Waals surface area (Å²) in [5.74, 6) is 1.05. The largest absolute Gasteiger partial charge is 0.373 e. The van der Waals surface area contributed by atoms with E-state index < -0.39 is 0 Å². The molecule has 2 unspecified atom stereocenters. The second-order valence-electron chi connectivity index (χ2n) is 3.14. The van der Waals surface area contributed by atoms with Crippen LogP contribution in [0.1, 0.15) is 13.8 Å². The van der Waals surface area contributed by atoms with Crippen molar-refractivity contribution >= 4 is 0 Å². The lowest BCUT2D eigenvalue weighted by Crippen LogP contribution is -2.19. The Morgan fingerprint density at radius 1 is 1.50 bits per heavy atom. The maximum Gasteiger partial charge on any atom is 0.251 e. The summed E-state index contributed by atoms with van der Waals surface area (Å²) in [5.41, 5.74) is 0. The zero-order valence-electron chi connectivity index (χ0n) is 6.50. The molecule has 0 bridgehead atoms. The zero-order chi connectivity index (χ0) is 7.56. The normalized spacial score (nSPS) is 32.6. The Bertz CT molecular complexity index is 148. The van der Waals surface area contributed by atoms with Gasteiger partial charge in [0.1, 0.15) is 6.61 Å². The van der Waals surface area contributed by atoms with E-state index in [0.29, 0.717) is 18.4 Å². The van der Waals surface area contributed by atoms with E-state index in [0.717, 1.165) is 6.61 Å². The van der Waals surface area contributed by atoms with E-state index in [2.05, 4.69) is 18.7 Å². The molecule has 0 saturated carbocycles. The number of rotatable bonds is 1. The molecule has 0 spiro atoms.